The van der Waals surface area contributed by atoms with Crippen LogP contribution in [0, 0.1) is 0 Å². The number of benzene rings is 1. The molecule has 18 heavy (non-hydrogen) atoms. The van der Waals surface area contributed by atoms with Crippen LogP contribution in [-0.2, 0) is 0 Å². The van der Waals surface area contributed by atoms with Crippen LogP contribution < -0.4 is 4.35 Å². The molecule has 0 aliphatic rings. The van der Waals surface area contributed by atoms with E-state index in [4.69, 9.17) is 0 Å². The molecular formula is C14H12AsN3. The van der Waals surface area contributed by atoms with Gasteiger partial charge >= 0.3 is 114 Å². The summed E-state index contributed by atoms with van der Waals surface area (Å²) in [6.07, 6.45) is 7.36. The zero-order valence-electron chi connectivity index (χ0n) is 9.69. The second-order valence-electron chi connectivity index (χ2n) is 3.95. The molecule has 0 aliphatic carbocycles. The Balaban J connectivity index is 2.10. The summed E-state index contributed by atoms with van der Waals surface area (Å²) in [4.78, 5) is 8.46. The van der Waals surface area contributed by atoms with Crippen molar-refractivity contribution in [3.05, 3.63) is 61.2 Å². The van der Waals surface area contributed by atoms with Crippen LogP contribution in [0.1, 0.15) is 0 Å². The Bertz CT molecular complexity index is 644. The van der Waals surface area contributed by atoms with Crippen molar-refractivity contribution in [1.82, 2.24) is 14.5 Å². The third-order valence-electron chi connectivity index (χ3n) is 2.75. The molecule has 1 aromatic carbocycles. The second kappa shape index (κ2) is 4.79. The van der Waals surface area contributed by atoms with Crippen LogP contribution in [0.15, 0.2) is 61.2 Å². The zero-order valence-corrected chi connectivity index (χ0v) is 12.1. The van der Waals surface area contributed by atoms with Gasteiger partial charge in [-0.2, -0.15) is 0 Å². The van der Waals surface area contributed by atoms with Gasteiger partial charge in [-0.1, -0.05) is 0 Å². The summed E-state index contributed by atoms with van der Waals surface area (Å²) in [6.45, 7) is 0. The Kier molecular flexibility index (Phi) is 2.99. The van der Waals surface area contributed by atoms with Gasteiger partial charge in [-0.15, -0.1) is 0 Å². The van der Waals surface area contributed by atoms with Gasteiger partial charge in [0.15, 0.2) is 0 Å². The van der Waals surface area contributed by atoms with Crippen molar-refractivity contribution >= 4 is 21.2 Å². The average molecular weight is 297 g/mol. The molecule has 4 heteroatoms. The van der Waals surface area contributed by atoms with Gasteiger partial charge in [-0.3, -0.25) is 0 Å². The maximum atomic E-state index is 4.42. The predicted octanol–water partition coefficient (Wildman–Crippen LogP) is 1.19. The van der Waals surface area contributed by atoms with Crippen LogP contribution in [0.5, 0.6) is 0 Å². The molecule has 3 aromatic rings. The molecule has 2 aromatic heterocycles. The van der Waals surface area contributed by atoms with Crippen molar-refractivity contribution in [2.45, 2.75) is 0 Å². The summed E-state index contributed by atoms with van der Waals surface area (Å²) in [7, 11) is 0. The van der Waals surface area contributed by atoms with Gasteiger partial charge < -0.3 is 0 Å². The molecule has 1 atom stereocenters. The van der Waals surface area contributed by atoms with E-state index in [0.29, 0.717) is 0 Å². The first-order valence-electron chi connectivity index (χ1n) is 5.64. The molecule has 0 spiro atoms. The van der Waals surface area contributed by atoms with Gasteiger partial charge in [0.1, 0.15) is 0 Å². The maximum absolute atomic E-state index is 4.42. The van der Waals surface area contributed by atoms with Crippen molar-refractivity contribution < 1.29 is 0 Å². The van der Waals surface area contributed by atoms with Crippen molar-refractivity contribution in [2.75, 3.05) is 0 Å². The van der Waals surface area contributed by atoms with E-state index in [2.05, 4.69) is 38.8 Å². The van der Waals surface area contributed by atoms with Gasteiger partial charge in [0.2, 0.25) is 0 Å². The Morgan fingerprint density at radius 1 is 0.889 bits per heavy atom. The molecule has 88 valence electrons. The summed E-state index contributed by atoms with van der Waals surface area (Å²) in [5.74, 6) is 0.937. The minimum atomic E-state index is 0.937. The van der Waals surface area contributed by atoms with Gasteiger partial charge in [-0.05, 0) is 0 Å². The first-order chi connectivity index (χ1) is 8.84. The SMILES string of the molecule is [AsH2]c1ccc(-n2ccnc2-c2ccncc2)cc1. The summed E-state index contributed by atoms with van der Waals surface area (Å²) >= 11 is 1.63. The molecule has 0 radical (unpaired) electrons. The van der Waals surface area contributed by atoms with Crippen LogP contribution in [0.2, 0.25) is 0 Å². The molecule has 0 N–H and O–H groups in total. The van der Waals surface area contributed by atoms with E-state index >= 15 is 0 Å². The third-order valence-corrected chi connectivity index (χ3v) is 3.56. The van der Waals surface area contributed by atoms with E-state index in [9.17, 15) is 0 Å². The molecule has 3 nitrogen and oxygen atoms in total. The zero-order chi connectivity index (χ0) is 12.4. The van der Waals surface area contributed by atoms with Gasteiger partial charge in [0.05, 0.1) is 0 Å². The van der Waals surface area contributed by atoms with Crippen LogP contribution in [0.4, 0.5) is 0 Å². The van der Waals surface area contributed by atoms with Crippen LogP contribution >= 0.6 is 0 Å². The number of imidazole rings is 1. The number of hydrogen-bond donors (Lipinski definition) is 0. The van der Waals surface area contributed by atoms with E-state index in [0.717, 1.165) is 17.1 Å². The van der Waals surface area contributed by atoms with E-state index in [1.165, 1.54) is 4.35 Å². The Labute approximate surface area is 114 Å². The van der Waals surface area contributed by atoms with Crippen LogP contribution in [0.3, 0.4) is 0 Å². The molecule has 1 unspecified atom stereocenters. The van der Waals surface area contributed by atoms with E-state index < -0.39 is 0 Å². The summed E-state index contributed by atoms with van der Waals surface area (Å²) in [5, 5.41) is 0. The van der Waals surface area contributed by atoms with Crippen LogP contribution in [0.25, 0.3) is 17.1 Å². The van der Waals surface area contributed by atoms with Gasteiger partial charge in [0.25, 0.3) is 0 Å². The quantitative estimate of drug-likeness (QED) is 0.665. The Morgan fingerprint density at radius 2 is 1.61 bits per heavy atom. The van der Waals surface area contributed by atoms with E-state index in [-0.39, 0.29) is 0 Å². The minimum absolute atomic E-state index is 0.937. The molecule has 0 saturated carbocycles. The van der Waals surface area contributed by atoms with E-state index in [1.54, 1.807) is 29.2 Å². The Morgan fingerprint density at radius 3 is 2.33 bits per heavy atom. The molecular weight excluding hydrogens is 285 g/mol. The van der Waals surface area contributed by atoms with Gasteiger partial charge in [-0.25, -0.2) is 0 Å². The monoisotopic (exact) mass is 297 g/mol. The summed E-state index contributed by atoms with van der Waals surface area (Å²) < 4.78 is 3.40. The summed E-state index contributed by atoms with van der Waals surface area (Å²) in [6, 6.07) is 12.4. The van der Waals surface area contributed by atoms with Crippen molar-refractivity contribution in [3.63, 3.8) is 0 Å². The molecule has 0 bridgehead atoms. The molecule has 2 heterocycles. The second-order valence-corrected chi connectivity index (χ2v) is 5.35. The van der Waals surface area contributed by atoms with Crippen molar-refractivity contribution in [3.8, 4) is 17.1 Å². The number of hydrogen-bond acceptors (Lipinski definition) is 2. The average Bonchev–Trinajstić information content (AvgIpc) is 2.90. The molecule has 0 saturated heterocycles. The standard InChI is InChI=1S/C14H12AsN3/c15-12-1-3-13(4-2-12)18-10-9-17-14(18)11-5-7-16-8-6-11/h1-10H,15H2. The fourth-order valence-corrected chi connectivity index (χ4v) is 2.27. The van der Waals surface area contributed by atoms with Gasteiger partial charge in [0, 0.05) is 0 Å². The molecule has 3 rings (SSSR count). The third kappa shape index (κ3) is 2.09. The normalized spacial score (nSPS) is 10.5. The fraction of sp³-hybridized carbons (Fsp3) is 0. The Hall–Kier alpha value is -1.86. The first kappa shape index (κ1) is 11.2. The van der Waals surface area contributed by atoms with E-state index in [1.807, 2.05) is 24.5 Å². The fourth-order valence-electron chi connectivity index (χ4n) is 1.86. The molecule has 0 aliphatic heterocycles. The molecule has 0 amide bonds. The predicted molar refractivity (Wildman–Crippen MR) is 75.0 cm³/mol. The van der Waals surface area contributed by atoms with Crippen molar-refractivity contribution in [2.24, 2.45) is 0 Å². The number of rotatable bonds is 2. The number of nitrogens with zero attached hydrogens (tertiary/aromatic N) is 3. The van der Waals surface area contributed by atoms with Crippen molar-refractivity contribution in [1.29, 1.82) is 0 Å². The molecule has 0 fully saturated rings. The van der Waals surface area contributed by atoms with Crippen LogP contribution in [-0.4, -0.2) is 31.4 Å². The first-order valence-corrected chi connectivity index (χ1v) is 6.85. The topological polar surface area (TPSA) is 30.7 Å². The summed E-state index contributed by atoms with van der Waals surface area (Å²) in [5.41, 5.74) is 2.19. The number of pyridine rings is 1. The number of aromatic nitrogens is 3.